The lowest BCUT2D eigenvalue weighted by Gasteiger charge is -2.11. The van der Waals surface area contributed by atoms with Crippen molar-refractivity contribution >= 4 is 28.9 Å². The van der Waals surface area contributed by atoms with Crippen LogP contribution in [-0.2, 0) is 4.79 Å². The Kier molecular flexibility index (Phi) is 7.80. The molecule has 0 radical (unpaired) electrons. The molecule has 0 saturated heterocycles. The minimum atomic E-state index is -0.196. The molecule has 3 aromatic rings. The van der Waals surface area contributed by atoms with E-state index in [2.05, 4.69) is 10.6 Å². The third-order valence-corrected chi connectivity index (χ3v) is 4.38. The lowest BCUT2D eigenvalue weighted by Crippen LogP contribution is -2.21. The topological polar surface area (TPSA) is 68.8 Å². The molecule has 0 unspecified atom stereocenters. The summed E-state index contributed by atoms with van der Waals surface area (Å²) in [6, 6.07) is 22.1. The molecule has 0 saturated carbocycles. The molecule has 0 fully saturated rings. The maximum absolute atomic E-state index is 12.2. The monoisotopic (exact) mass is 426 g/mol. The molecule has 0 heterocycles. The van der Waals surface area contributed by atoms with Crippen molar-refractivity contribution in [2.75, 3.05) is 37.5 Å². The van der Waals surface area contributed by atoms with Crippen molar-refractivity contribution in [3.8, 4) is 17.2 Å². The van der Waals surface area contributed by atoms with E-state index in [1.54, 1.807) is 18.2 Å². The van der Waals surface area contributed by atoms with Gasteiger partial charge in [-0.15, -0.1) is 0 Å². The summed E-state index contributed by atoms with van der Waals surface area (Å²) in [5.74, 6) is 1.86. The minimum absolute atomic E-state index is 0.101. The fourth-order valence-corrected chi connectivity index (χ4v) is 2.92. The van der Waals surface area contributed by atoms with E-state index in [-0.39, 0.29) is 12.5 Å². The average molecular weight is 427 g/mol. The molecule has 0 aliphatic heterocycles. The minimum Gasteiger partial charge on any atom is -0.495 e. The molecule has 3 rings (SSSR count). The fourth-order valence-electron chi connectivity index (χ4n) is 2.66. The predicted molar refractivity (Wildman–Crippen MR) is 119 cm³/mol. The molecule has 0 aromatic heterocycles. The summed E-state index contributed by atoms with van der Waals surface area (Å²) >= 11 is 6.08. The van der Waals surface area contributed by atoms with Crippen molar-refractivity contribution in [2.24, 2.45) is 0 Å². The molecule has 0 bridgehead atoms. The van der Waals surface area contributed by atoms with Gasteiger partial charge in [0, 0.05) is 17.4 Å². The van der Waals surface area contributed by atoms with E-state index in [0.29, 0.717) is 35.4 Å². The summed E-state index contributed by atoms with van der Waals surface area (Å²) in [4.78, 5) is 12.2. The van der Waals surface area contributed by atoms with Crippen LogP contribution in [0.25, 0.3) is 0 Å². The molecule has 0 spiro atoms. The second kappa shape index (κ2) is 11.0. The van der Waals surface area contributed by atoms with E-state index >= 15 is 0 Å². The first kappa shape index (κ1) is 21.3. The summed E-state index contributed by atoms with van der Waals surface area (Å²) in [5.41, 5.74) is 1.38. The highest BCUT2D eigenvalue weighted by molar-refractivity contribution is 6.32. The maximum atomic E-state index is 12.2. The Morgan fingerprint density at radius 2 is 1.60 bits per heavy atom. The Balaban J connectivity index is 1.43. The summed E-state index contributed by atoms with van der Waals surface area (Å²) in [6.07, 6.45) is 0. The zero-order valence-corrected chi connectivity index (χ0v) is 17.3. The molecule has 0 atom stereocenters. The first-order valence-electron chi connectivity index (χ1n) is 9.42. The third-order valence-electron chi connectivity index (χ3n) is 4.09. The van der Waals surface area contributed by atoms with Crippen LogP contribution in [0.2, 0.25) is 5.02 Å². The maximum Gasteiger partial charge on any atom is 0.243 e. The summed E-state index contributed by atoms with van der Waals surface area (Å²) in [5, 5.41) is 6.30. The number of hydrogen-bond donors (Lipinski definition) is 2. The van der Waals surface area contributed by atoms with Gasteiger partial charge in [0.1, 0.15) is 30.5 Å². The van der Waals surface area contributed by atoms with Crippen LogP contribution in [0.4, 0.5) is 11.4 Å². The van der Waals surface area contributed by atoms with Gasteiger partial charge in [-0.3, -0.25) is 4.79 Å². The van der Waals surface area contributed by atoms with E-state index in [1.165, 1.54) is 7.11 Å². The van der Waals surface area contributed by atoms with Crippen LogP contribution in [-0.4, -0.2) is 32.8 Å². The number of anilines is 2. The summed E-state index contributed by atoms with van der Waals surface area (Å²) in [6.45, 7) is 0.954. The third kappa shape index (κ3) is 6.60. The number of amides is 1. The largest absolute Gasteiger partial charge is 0.495 e. The number of methoxy groups -OCH3 is 1. The second-order valence-corrected chi connectivity index (χ2v) is 6.70. The van der Waals surface area contributed by atoms with Gasteiger partial charge in [-0.1, -0.05) is 35.9 Å². The van der Waals surface area contributed by atoms with Crippen molar-refractivity contribution in [3.05, 3.63) is 77.8 Å². The van der Waals surface area contributed by atoms with Crippen LogP contribution in [0, 0.1) is 0 Å². The van der Waals surface area contributed by atoms with Gasteiger partial charge in [0.15, 0.2) is 0 Å². The van der Waals surface area contributed by atoms with Crippen LogP contribution in [0.5, 0.6) is 17.2 Å². The van der Waals surface area contributed by atoms with Crippen molar-refractivity contribution in [2.45, 2.75) is 0 Å². The first-order chi connectivity index (χ1) is 14.6. The zero-order chi connectivity index (χ0) is 21.2. The standard InChI is InChI=1S/C23H23ClN2O4/c1-28-22-11-10-18(15-21(22)24)26-23(27)16-25-17-6-5-9-20(14-17)30-13-12-29-19-7-3-2-4-8-19/h2-11,14-15,25H,12-13,16H2,1H3,(H,26,27). The van der Waals surface area contributed by atoms with Crippen LogP contribution in [0.3, 0.4) is 0 Å². The van der Waals surface area contributed by atoms with E-state index < -0.39 is 0 Å². The fraction of sp³-hybridized carbons (Fsp3) is 0.174. The Morgan fingerprint density at radius 3 is 2.33 bits per heavy atom. The molecule has 30 heavy (non-hydrogen) atoms. The number of ether oxygens (including phenoxy) is 3. The Labute approximate surface area is 180 Å². The average Bonchev–Trinajstić information content (AvgIpc) is 2.76. The number of benzene rings is 3. The van der Waals surface area contributed by atoms with Gasteiger partial charge >= 0.3 is 0 Å². The molecule has 156 valence electrons. The molecule has 0 aliphatic carbocycles. The number of rotatable bonds is 10. The highest BCUT2D eigenvalue weighted by Gasteiger charge is 2.06. The number of halogens is 1. The first-order valence-corrected chi connectivity index (χ1v) is 9.80. The van der Waals surface area contributed by atoms with Crippen molar-refractivity contribution in [3.63, 3.8) is 0 Å². The van der Waals surface area contributed by atoms with Crippen molar-refractivity contribution in [1.29, 1.82) is 0 Å². The highest BCUT2D eigenvalue weighted by atomic mass is 35.5. The molecule has 0 aliphatic rings. The SMILES string of the molecule is COc1ccc(NC(=O)CNc2cccc(OCCOc3ccccc3)c2)cc1Cl. The number of nitrogens with one attached hydrogen (secondary N) is 2. The van der Waals surface area contributed by atoms with Gasteiger partial charge in [-0.2, -0.15) is 0 Å². The number of carbonyl (C=O) groups is 1. The van der Waals surface area contributed by atoms with Crippen LogP contribution < -0.4 is 24.8 Å². The number of carbonyl (C=O) groups excluding carboxylic acids is 1. The van der Waals surface area contributed by atoms with Gasteiger partial charge in [-0.25, -0.2) is 0 Å². The van der Waals surface area contributed by atoms with E-state index in [4.69, 9.17) is 25.8 Å². The zero-order valence-electron chi connectivity index (χ0n) is 16.6. The van der Waals surface area contributed by atoms with Crippen molar-refractivity contribution in [1.82, 2.24) is 0 Å². The molecule has 7 heteroatoms. The highest BCUT2D eigenvalue weighted by Crippen LogP contribution is 2.27. The van der Waals surface area contributed by atoms with E-state index in [9.17, 15) is 4.79 Å². The number of para-hydroxylation sites is 1. The quantitative estimate of drug-likeness (QED) is 0.453. The Hall–Kier alpha value is -3.38. The van der Waals surface area contributed by atoms with Gasteiger partial charge in [0.25, 0.3) is 0 Å². The van der Waals surface area contributed by atoms with Crippen molar-refractivity contribution < 1.29 is 19.0 Å². The van der Waals surface area contributed by atoms with Crippen LogP contribution in [0.1, 0.15) is 0 Å². The summed E-state index contributed by atoms with van der Waals surface area (Å²) in [7, 11) is 1.54. The molecular formula is C23H23ClN2O4. The van der Waals surface area contributed by atoms with Gasteiger partial charge in [-0.05, 0) is 42.5 Å². The summed E-state index contributed by atoms with van der Waals surface area (Å²) < 4.78 is 16.4. The lowest BCUT2D eigenvalue weighted by atomic mass is 10.3. The van der Waals surface area contributed by atoms with Gasteiger partial charge < -0.3 is 24.8 Å². The Bertz CT molecular complexity index is 966. The molecule has 6 nitrogen and oxygen atoms in total. The molecule has 2 N–H and O–H groups in total. The van der Waals surface area contributed by atoms with Gasteiger partial charge in [0.2, 0.25) is 5.91 Å². The van der Waals surface area contributed by atoms with E-state index in [1.807, 2.05) is 54.6 Å². The van der Waals surface area contributed by atoms with Crippen LogP contribution >= 0.6 is 11.6 Å². The second-order valence-electron chi connectivity index (χ2n) is 6.29. The van der Waals surface area contributed by atoms with Gasteiger partial charge in [0.05, 0.1) is 18.7 Å². The normalized spacial score (nSPS) is 10.2. The number of hydrogen-bond acceptors (Lipinski definition) is 5. The molecule has 3 aromatic carbocycles. The predicted octanol–water partition coefficient (Wildman–Crippen LogP) is 4.86. The molecule has 1 amide bonds. The molecular weight excluding hydrogens is 404 g/mol. The Morgan fingerprint density at radius 1 is 0.867 bits per heavy atom. The van der Waals surface area contributed by atoms with E-state index in [0.717, 1.165) is 11.4 Å². The van der Waals surface area contributed by atoms with Crippen LogP contribution in [0.15, 0.2) is 72.8 Å². The lowest BCUT2D eigenvalue weighted by molar-refractivity contribution is -0.114. The smallest absolute Gasteiger partial charge is 0.243 e.